The van der Waals surface area contributed by atoms with E-state index in [0.717, 1.165) is 12.0 Å². The van der Waals surface area contributed by atoms with E-state index in [9.17, 15) is 9.59 Å². The van der Waals surface area contributed by atoms with Gasteiger partial charge in [-0.05, 0) is 47.4 Å². The summed E-state index contributed by atoms with van der Waals surface area (Å²) >= 11 is 0. The van der Waals surface area contributed by atoms with E-state index in [1.807, 2.05) is 25.1 Å². The Morgan fingerprint density at radius 1 is 0.923 bits per heavy atom. The third kappa shape index (κ3) is 4.28. The van der Waals surface area contributed by atoms with Crippen LogP contribution in [-0.4, -0.2) is 18.4 Å². The van der Waals surface area contributed by atoms with Gasteiger partial charge in [0, 0.05) is 24.7 Å². The standard InChI is InChI=1S/C22H22N2O2/c1-15-7-9-20(14-21(15)24-16(2)25)22(26)23-12-11-17-8-10-18-5-3-4-6-19(18)13-17/h3-10,13-14H,11-12H2,1-2H3,(H,23,26)(H,24,25). The first-order valence-corrected chi connectivity index (χ1v) is 8.67. The van der Waals surface area contributed by atoms with Crippen LogP contribution in [0.4, 0.5) is 5.69 Å². The summed E-state index contributed by atoms with van der Waals surface area (Å²) in [5, 5.41) is 8.11. The number of benzene rings is 3. The van der Waals surface area contributed by atoms with E-state index in [1.165, 1.54) is 23.3 Å². The second kappa shape index (κ2) is 7.83. The number of anilines is 1. The van der Waals surface area contributed by atoms with Crippen LogP contribution in [0.1, 0.15) is 28.4 Å². The molecule has 0 aromatic heterocycles. The van der Waals surface area contributed by atoms with Crippen LogP contribution < -0.4 is 10.6 Å². The third-order valence-electron chi connectivity index (χ3n) is 4.32. The summed E-state index contributed by atoms with van der Waals surface area (Å²) in [5.74, 6) is -0.292. The van der Waals surface area contributed by atoms with Gasteiger partial charge in [-0.3, -0.25) is 9.59 Å². The van der Waals surface area contributed by atoms with Crippen molar-refractivity contribution in [3.05, 3.63) is 77.4 Å². The number of carbonyl (C=O) groups excluding carboxylic acids is 2. The van der Waals surface area contributed by atoms with E-state index in [4.69, 9.17) is 0 Å². The van der Waals surface area contributed by atoms with Crippen LogP contribution in [0.2, 0.25) is 0 Å². The highest BCUT2D eigenvalue weighted by molar-refractivity contribution is 5.97. The normalized spacial score (nSPS) is 10.5. The first-order chi connectivity index (χ1) is 12.5. The smallest absolute Gasteiger partial charge is 0.251 e. The van der Waals surface area contributed by atoms with E-state index in [0.29, 0.717) is 17.8 Å². The lowest BCUT2D eigenvalue weighted by atomic mass is 10.1. The number of aryl methyl sites for hydroxylation is 1. The maximum absolute atomic E-state index is 12.4. The van der Waals surface area contributed by atoms with Gasteiger partial charge in [0.15, 0.2) is 0 Å². The molecule has 0 bridgehead atoms. The summed E-state index contributed by atoms with van der Waals surface area (Å²) in [6.07, 6.45) is 0.765. The van der Waals surface area contributed by atoms with Gasteiger partial charge in [-0.25, -0.2) is 0 Å². The molecule has 0 fully saturated rings. The Hall–Kier alpha value is -3.14. The highest BCUT2D eigenvalue weighted by atomic mass is 16.2. The molecule has 3 rings (SSSR count). The predicted octanol–water partition coefficient (Wildman–Crippen LogP) is 4.08. The average molecular weight is 346 g/mol. The molecule has 4 nitrogen and oxygen atoms in total. The van der Waals surface area contributed by atoms with Crippen molar-refractivity contribution in [2.75, 3.05) is 11.9 Å². The molecule has 0 radical (unpaired) electrons. The topological polar surface area (TPSA) is 58.2 Å². The van der Waals surface area contributed by atoms with Gasteiger partial charge < -0.3 is 10.6 Å². The minimum absolute atomic E-state index is 0.141. The van der Waals surface area contributed by atoms with Crippen LogP contribution in [0.25, 0.3) is 10.8 Å². The fourth-order valence-electron chi connectivity index (χ4n) is 2.90. The van der Waals surface area contributed by atoms with E-state index in [2.05, 4.69) is 41.0 Å². The molecule has 26 heavy (non-hydrogen) atoms. The van der Waals surface area contributed by atoms with E-state index in [1.54, 1.807) is 12.1 Å². The van der Waals surface area contributed by atoms with Gasteiger partial charge >= 0.3 is 0 Å². The van der Waals surface area contributed by atoms with Gasteiger partial charge in [0.05, 0.1) is 0 Å². The number of amides is 2. The number of hydrogen-bond acceptors (Lipinski definition) is 2. The lowest BCUT2D eigenvalue weighted by Gasteiger charge is -2.10. The van der Waals surface area contributed by atoms with Crippen molar-refractivity contribution in [3.8, 4) is 0 Å². The van der Waals surface area contributed by atoms with Crippen molar-refractivity contribution in [1.82, 2.24) is 5.32 Å². The van der Waals surface area contributed by atoms with Gasteiger partial charge in [-0.2, -0.15) is 0 Å². The molecule has 0 atom stereocenters. The van der Waals surface area contributed by atoms with Gasteiger partial charge in [0.25, 0.3) is 5.91 Å². The van der Waals surface area contributed by atoms with Gasteiger partial charge in [-0.15, -0.1) is 0 Å². The molecule has 0 saturated carbocycles. The zero-order valence-corrected chi connectivity index (χ0v) is 15.0. The van der Waals surface area contributed by atoms with Gasteiger partial charge in [0.2, 0.25) is 5.91 Å². The number of nitrogens with one attached hydrogen (secondary N) is 2. The molecule has 0 aliphatic heterocycles. The molecule has 3 aromatic rings. The van der Waals surface area contributed by atoms with Crippen LogP contribution in [0.15, 0.2) is 60.7 Å². The van der Waals surface area contributed by atoms with Crippen LogP contribution in [0.5, 0.6) is 0 Å². The fraction of sp³-hybridized carbons (Fsp3) is 0.182. The molecule has 2 N–H and O–H groups in total. The molecule has 2 amide bonds. The van der Waals surface area contributed by atoms with Crippen LogP contribution in [0.3, 0.4) is 0 Å². The van der Waals surface area contributed by atoms with Crippen molar-refractivity contribution < 1.29 is 9.59 Å². The van der Waals surface area contributed by atoms with Crippen molar-refractivity contribution in [2.45, 2.75) is 20.3 Å². The Kier molecular flexibility index (Phi) is 5.32. The molecule has 0 saturated heterocycles. The summed E-state index contributed by atoms with van der Waals surface area (Å²) in [5.41, 5.74) is 3.32. The van der Waals surface area contributed by atoms with Crippen molar-refractivity contribution >= 4 is 28.3 Å². The molecular weight excluding hydrogens is 324 g/mol. The van der Waals surface area contributed by atoms with E-state index < -0.39 is 0 Å². The molecule has 0 spiro atoms. The lowest BCUT2D eigenvalue weighted by Crippen LogP contribution is -2.25. The zero-order valence-electron chi connectivity index (χ0n) is 15.0. The first kappa shape index (κ1) is 17.7. The van der Waals surface area contributed by atoms with Crippen LogP contribution in [-0.2, 0) is 11.2 Å². The molecule has 4 heteroatoms. The second-order valence-electron chi connectivity index (χ2n) is 6.40. The predicted molar refractivity (Wildman–Crippen MR) is 105 cm³/mol. The number of fused-ring (bicyclic) bond motifs is 1. The SMILES string of the molecule is CC(=O)Nc1cc(C(=O)NCCc2ccc3ccccc3c2)ccc1C. The first-order valence-electron chi connectivity index (χ1n) is 8.67. The van der Waals surface area contributed by atoms with Crippen molar-refractivity contribution in [1.29, 1.82) is 0 Å². The quantitative estimate of drug-likeness (QED) is 0.731. The zero-order chi connectivity index (χ0) is 18.5. The minimum atomic E-state index is -0.151. The Morgan fingerprint density at radius 3 is 2.46 bits per heavy atom. The Morgan fingerprint density at radius 2 is 1.69 bits per heavy atom. The monoisotopic (exact) mass is 346 g/mol. The van der Waals surface area contributed by atoms with E-state index >= 15 is 0 Å². The molecule has 132 valence electrons. The average Bonchev–Trinajstić information content (AvgIpc) is 2.63. The largest absolute Gasteiger partial charge is 0.352 e. The summed E-state index contributed by atoms with van der Waals surface area (Å²) in [6.45, 7) is 3.91. The maximum Gasteiger partial charge on any atom is 0.251 e. The molecule has 0 unspecified atom stereocenters. The summed E-state index contributed by atoms with van der Waals surface area (Å²) in [7, 11) is 0. The van der Waals surface area contributed by atoms with Gasteiger partial charge in [-0.1, -0.05) is 48.5 Å². The third-order valence-corrected chi connectivity index (χ3v) is 4.32. The lowest BCUT2D eigenvalue weighted by molar-refractivity contribution is -0.114. The Labute approximate surface area is 153 Å². The van der Waals surface area contributed by atoms with Crippen molar-refractivity contribution in [2.24, 2.45) is 0 Å². The summed E-state index contributed by atoms with van der Waals surface area (Å²) < 4.78 is 0. The molecule has 3 aromatic carbocycles. The highest BCUT2D eigenvalue weighted by Gasteiger charge is 2.09. The second-order valence-corrected chi connectivity index (χ2v) is 6.40. The minimum Gasteiger partial charge on any atom is -0.352 e. The van der Waals surface area contributed by atoms with Crippen LogP contribution >= 0.6 is 0 Å². The number of hydrogen-bond donors (Lipinski definition) is 2. The number of carbonyl (C=O) groups is 2. The van der Waals surface area contributed by atoms with Crippen molar-refractivity contribution in [3.63, 3.8) is 0 Å². The van der Waals surface area contributed by atoms with Crippen LogP contribution in [0, 0.1) is 6.92 Å². The molecule has 0 heterocycles. The highest BCUT2D eigenvalue weighted by Crippen LogP contribution is 2.17. The molecular formula is C22H22N2O2. The Bertz CT molecular complexity index is 963. The Balaban J connectivity index is 1.62. The van der Waals surface area contributed by atoms with E-state index in [-0.39, 0.29) is 11.8 Å². The summed E-state index contributed by atoms with van der Waals surface area (Å²) in [6, 6.07) is 19.9. The number of rotatable bonds is 5. The molecule has 0 aliphatic carbocycles. The molecule has 0 aliphatic rings. The van der Waals surface area contributed by atoms with Gasteiger partial charge in [0.1, 0.15) is 0 Å². The summed E-state index contributed by atoms with van der Waals surface area (Å²) in [4.78, 5) is 23.6. The maximum atomic E-state index is 12.4. The fourth-order valence-corrected chi connectivity index (χ4v) is 2.90.